The molecule has 0 aromatic heterocycles. The minimum Gasteiger partial charge on any atom is -0.466 e. The lowest BCUT2D eigenvalue weighted by atomic mass is 10.2. The van der Waals surface area contributed by atoms with Gasteiger partial charge in [0.25, 0.3) is 0 Å². The molecule has 4 atom stereocenters. The van der Waals surface area contributed by atoms with Gasteiger partial charge >= 0.3 is 27.4 Å². The molecule has 0 bridgehead atoms. The van der Waals surface area contributed by atoms with Crippen LogP contribution in [0.25, 0.3) is 0 Å². The van der Waals surface area contributed by atoms with E-state index in [-0.39, 0.29) is 110 Å². The first-order chi connectivity index (χ1) is 21.8. The molecule has 0 aliphatic carbocycles. The molecule has 21 heteroatoms. The summed E-state index contributed by atoms with van der Waals surface area (Å²) in [6, 6.07) is 0. The van der Waals surface area contributed by atoms with Crippen molar-refractivity contribution < 1.29 is 80.4 Å². The van der Waals surface area contributed by atoms with E-state index in [4.69, 9.17) is 28.0 Å². The Morgan fingerprint density at radius 2 is 1.36 bits per heavy atom. The second kappa shape index (κ2) is 23.0. The number of rotatable bonds is 28. The number of Topliss-reactive ketones (excluding diaryl/α,β-unsaturated/α-hetero) is 1. The number of phosphoric acid groups is 1. The topological polar surface area (TPSA) is 268 Å². The molecular weight excluding hydrogens is 691 g/mol. The van der Waals surface area contributed by atoms with Crippen LogP contribution < -0.4 is 5.32 Å². The summed E-state index contributed by atoms with van der Waals surface area (Å²) in [6.45, 7) is 4.00. The molecule has 0 aromatic rings. The van der Waals surface area contributed by atoms with Crippen LogP contribution in [-0.2, 0) is 60.9 Å². The molecule has 0 aliphatic heterocycles. The molecule has 0 saturated heterocycles. The Morgan fingerprint density at radius 1 is 0.787 bits per heavy atom. The summed E-state index contributed by atoms with van der Waals surface area (Å²) < 4.78 is 66.0. The zero-order chi connectivity index (χ0) is 36.2. The van der Waals surface area contributed by atoms with Gasteiger partial charge in [-0.25, -0.2) is 4.57 Å². The van der Waals surface area contributed by atoms with Crippen LogP contribution in [0.5, 0.6) is 0 Å². The van der Waals surface area contributed by atoms with Crippen molar-refractivity contribution in [2.45, 2.75) is 83.1 Å². The molecule has 1 amide bonds. The molecule has 0 saturated carbocycles. The average Bonchev–Trinajstić information content (AvgIpc) is 2.97. The van der Waals surface area contributed by atoms with Gasteiger partial charge in [0.05, 0.1) is 33.0 Å². The van der Waals surface area contributed by atoms with Crippen molar-refractivity contribution in [1.82, 2.24) is 5.32 Å². The van der Waals surface area contributed by atoms with Crippen LogP contribution in [-0.4, -0.2) is 114 Å². The molecule has 0 spiro atoms. The third-order valence-electron chi connectivity index (χ3n) is 6.67. The van der Waals surface area contributed by atoms with E-state index in [2.05, 4.69) is 5.32 Å². The van der Waals surface area contributed by atoms with Gasteiger partial charge in [-0.05, 0) is 26.2 Å². The first kappa shape index (κ1) is 45.5. The Balaban J connectivity index is 4.10. The van der Waals surface area contributed by atoms with Crippen LogP contribution in [0, 0.1) is 0 Å². The molecule has 0 aromatic carbocycles. The van der Waals surface area contributed by atoms with Crippen molar-refractivity contribution in [1.29, 1.82) is 0 Å². The molecule has 47 heavy (non-hydrogen) atoms. The number of nitrogens with one attached hydrogen (secondary N) is 1. The van der Waals surface area contributed by atoms with Crippen molar-refractivity contribution in [2.24, 2.45) is 0 Å². The van der Waals surface area contributed by atoms with Gasteiger partial charge in [-0.1, -0.05) is 13.8 Å². The molecule has 5 N–H and O–H groups in total. The van der Waals surface area contributed by atoms with Crippen molar-refractivity contribution in [3.63, 3.8) is 0 Å². The number of esters is 2. The highest BCUT2D eigenvalue weighted by Crippen LogP contribution is 2.70. The smallest absolute Gasteiger partial charge is 0.466 e. The first-order valence-electron chi connectivity index (χ1n) is 15.0. The predicted molar refractivity (Wildman–Crippen MR) is 167 cm³/mol. The van der Waals surface area contributed by atoms with Gasteiger partial charge in [-0.15, -0.1) is 0 Å². The van der Waals surface area contributed by atoms with E-state index in [1.54, 1.807) is 13.8 Å². The summed E-state index contributed by atoms with van der Waals surface area (Å²) in [5, 5.41) is 2.47. The quantitative estimate of drug-likeness (QED) is 0.0437. The van der Waals surface area contributed by atoms with Crippen LogP contribution >= 0.6 is 22.8 Å². The number of carbonyl (C=O) groups excluding carboxylic acids is 4. The Hall–Kier alpha value is -1.55. The fraction of sp³-hybridized carbons (Fsp3) is 0.846. The van der Waals surface area contributed by atoms with Gasteiger partial charge in [0.2, 0.25) is 13.3 Å². The zero-order valence-corrected chi connectivity index (χ0v) is 30.0. The highest BCUT2D eigenvalue weighted by Gasteiger charge is 2.53. The van der Waals surface area contributed by atoms with E-state index < -0.39 is 51.6 Å². The Morgan fingerprint density at radius 3 is 1.94 bits per heavy atom. The standard InChI is InChI=1S/C26H50NO17P3/c1-5-24(30)41-15-10-22(44-25(31)6-2)11-16-43-47(37,38)42-14-7-9-21(28)19-39-17-18-40-20-23(29)27-13-8-12-26(3,45(4,32)33)46(34,35)36/h22H,5-20H2,1-4H3,(H,27,29)(H,32,33)(H,37,38)(H2,34,35,36). The third kappa shape index (κ3) is 20.5. The first-order valence-corrected chi connectivity index (χ1v) is 20.3. The van der Waals surface area contributed by atoms with E-state index in [9.17, 15) is 52.4 Å². The summed E-state index contributed by atoms with van der Waals surface area (Å²) >= 11 is 0. The minimum atomic E-state index is -4.88. The SMILES string of the molecule is CCC(=O)OCCC(CCOP(=O)(O)OCCCC(=O)COCCOCC(=O)NCCCC(C)(P(C)(=O)O)P(=O)(O)O)OC(=O)CC. The highest BCUT2D eigenvalue weighted by molar-refractivity contribution is 7.75. The molecule has 18 nitrogen and oxygen atoms in total. The van der Waals surface area contributed by atoms with Gasteiger partial charge < -0.3 is 43.8 Å². The number of hydrogen-bond acceptors (Lipinski definition) is 13. The van der Waals surface area contributed by atoms with Crippen LogP contribution in [0.15, 0.2) is 0 Å². The lowest BCUT2D eigenvalue weighted by Gasteiger charge is -2.32. The second-order valence-electron chi connectivity index (χ2n) is 10.6. The summed E-state index contributed by atoms with van der Waals surface area (Å²) in [6.07, 6.45) is -0.281. The number of hydrogen-bond donors (Lipinski definition) is 5. The molecule has 0 radical (unpaired) electrons. The summed E-state index contributed by atoms with van der Waals surface area (Å²) in [7, 11) is -13.5. The molecule has 276 valence electrons. The normalized spacial score (nSPS) is 16.3. The zero-order valence-electron chi connectivity index (χ0n) is 27.3. The van der Waals surface area contributed by atoms with Crippen molar-refractivity contribution in [3.05, 3.63) is 0 Å². The average molecular weight is 742 g/mol. The van der Waals surface area contributed by atoms with Crippen molar-refractivity contribution >= 4 is 46.4 Å². The summed E-state index contributed by atoms with van der Waals surface area (Å²) in [4.78, 5) is 83.1. The highest BCUT2D eigenvalue weighted by atomic mass is 31.2. The maximum atomic E-state index is 12.1. The van der Waals surface area contributed by atoms with Crippen LogP contribution in [0.1, 0.15) is 72.1 Å². The lowest BCUT2D eigenvalue weighted by Crippen LogP contribution is -2.31. The summed E-state index contributed by atoms with van der Waals surface area (Å²) in [5.41, 5.74) is 0. The van der Waals surface area contributed by atoms with Gasteiger partial charge in [-0.3, -0.25) is 37.4 Å². The van der Waals surface area contributed by atoms with Crippen LogP contribution in [0.2, 0.25) is 0 Å². The molecule has 0 aliphatic rings. The van der Waals surface area contributed by atoms with E-state index in [0.29, 0.717) is 0 Å². The fourth-order valence-electron chi connectivity index (χ4n) is 3.56. The van der Waals surface area contributed by atoms with E-state index >= 15 is 0 Å². The molecule has 0 heterocycles. The second-order valence-corrected chi connectivity index (χ2v) is 17.2. The Bertz CT molecular complexity index is 1100. The molecule has 0 rings (SSSR count). The van der Waals surface area contributed by atoms with Gasteiger partial charge in [0.15, 0.2) is 5.78 Å². The minimum absolute atomic E-state index is 0.0000828. The maximum Gasteiger partial charge on any atom is 0.472 e. The van der Waals surface area contributed by atoms with Gasteiger partial charge in [0, 0.05) is 45.3 Å². The molecular formula is C26H50NO17P3. The predicted octanol–water partition coefficient (Wildman–Crippen LogP) is 2.25. The number of phosphoric ester groups is 1. The van der Waals surface area contributed by atoms with Crippen molar-refractivity contribution in [2.75, 3.05) is 59.5 Å². The monoisotopic (exact) mass is 741 g/mol. The maximum absolute atomic E-state index is 12.1. The van der Waals surface area contributed by atoms with Gasteiger partial charge in [0.1, 0.15) is 24.2 Å². The summed E-state index contributed by atoms with van der Waals surface area (Å²) in [5.74, 6) is -1.73. The van der Waals surface area contributed by atoms with E-state index in [1.165, 1.54) is 0 Å². The van der Waals surface area contributed by atoms with Crippen LogP contribution in [0.3, 0.4) is 0 Å². The van der Waals surface area contributed by atoms with E-state index in [0.717, 1.165) is 13.6 Å². The van der Waals surface area contributed by atoms with Gasteiger partial charge in [-0.2, -0.15) is 0 Å². The fourth-order valence-corrected chi connectivity index (χ4v) is 7.29. The lowest BCUT2D eigenvalue weighted by molar-refractivity contribution is -0.151. The Labute approximate surface area is 274 Å². The number of amides is 1. The number of ketones is 1. The third-order valence-corrected chi connectivity index (χ3v) is 13.1. The number of carbonyl (C=O) groups is 4. The Kier molecular flexibility index (Phi) is 22.2. The van der Waals surface area contributed by atoms with Crippen LogP contribution in [0.4, 0.5) is 0 Å². The number of ether oxygens (including phenoxy) is 4. The molecule has 0 fully saturated rings. The largest absolute Gasteiger partial charge is 0.472 e. The van der Waals surface area contributed by atoms with Crippen molar-refractivity contribution in [3.8, 4) is 0 Å². The molecule has 4 unspecified atom stereocenters. The van der Waals surface area contributed by atoms with E-state index in [1.807, 2.05) is 0 Å².